The van der Waals surface area contributed by atoms with Gasteiger partial charge in [0.05, 0.1) is 10.4 Å². The number of nitrogens with one attached hydrogen (secondary N) is 1. The van der Waals surface area contributed by atoms with Crippen LogP contribution in [0.25, 0.3) is 10.6 Å². The Kier molecular flexibility index (Phi) is 3.42. The van der Waals surface area contributed by atoms with E-state index in [9.17, 15) is 9.59 Å². The summed E-state index contributed by atoms with van der Waals surface area (Å²) in [4.78, 5) is 23.2. The fraction of sp³-hybridized carbons (Fsp3) is 0.182. The lowest BCUT2D eigenvalue weighted by Gasteiger charge is -2.01. The van der Waals surface area contributed by atoms with Crippen molar-refractivity contribution in [1.29, 1.82) is 0 Å². The minimum absolute atomic E-state index is 0.00541. The number of carbonyl (C=O) groups excluding carboxylic acids is 2. The van der Waals surface area contributed by atoms with Gasteiger partial charge in [-0.25, -0.2) is 4.68 Å². The van der Waals surface area contributed by atoms with Crippen LogP contribution in [0.1, 0.15) is 10.4 Å². The Labute approximate surface area is 107 Å². The van der Waals surface area contributed by atoms with Crippen LogP contribution >= 0.6 is 11.3 Å². The SMILES string of the molecule is CNC(=O)Cn1nc(-c2cccs2)c(C=O)c1N. The number of rotatable bonds is 4. The van der Waals surface area contributed by atoms with Crippen molar-refractivity contribution in [3.05, 3.63) is 23.1 Å². The van der Waals surface area contributed by atoms with E-state index in [4.69, 9.17) is 5.73 Å². The third-order valence-corrected chi connectivity index (χ3v) is 3.35. The van der Waals surface area contributed by atoms with E-state index in [-0.39, 0.29) is 18.3 Å². The van der Waals surface area contributed by atoms with Gasteiger partial charge in [0.15, 0.2) is 6.29 Å². The summed E-state index contributed by atoms with van der Waals surface area (Å²) in [5, 5.41) is 8.59. The molecule has 0 bridgehead atoms. The van der Waals surface area contributed by atoms with Crippen molar-refractivity contribution in [3.63, 3.8) is 0 Å². The number of amides is 1. The normalized spacial score (nSPS) is 10.3. The molecule has 0 aliphatic heterocycles. The number of anilines is 1. The van der Waals surface area contributed by atoms with Crippen LogP contribution in [0.3, 0.4) is 0 Å². The van der Waals surface area contributed by atoms with E-state index in [0.29, 0.717) is 17.5 Å². The summed E-state index contributed by atoms with van der Waals surface area (Å²) in [6, 6.07) is 3.71. The molecule has 1 amide bonds. The molecule has 0 aromatic carbocycles. The number of nitrogens with zero attached hydrogens (tertiary/aromatic N) is 2. The fourth-order valence-electron chi connectivity index (χ4n) is 1.54. The third-order valence-electron chi connectivity index (χ3n) is 2.47. The number of carbonyl (C=O) groups is 2. The van der Waals surface area contributed by atoms with E-state index in [0.717, 1.165) is 4.88 Å². The van der Waals surface area contributed by atoms with Gasteiger partial charge in [-0.3, -0.25) is 9.59 Å². The van der Waals surface area contributed by atoms with Gasteiger partial charge >= 0.3 is 0 Å². The van der Waals surface area contributed by atoms with Crippen LogP contribution in [0.15, 0.2) is 17.5 Å². The Balaban J connectivity index is 2.45. The highest BCUT2D eigenvalue weighted by Crippen LogP contribution is 2.29. The van der Waals surface area contributed by atoms with Crippen LogP contribution in [0, 0.1) is 0 Å². The van der Waals surface area contributed by atoms with E-state index in [1.165, 1.54) is 23.1 Å². The summed E-state index contributed by atoms with van der Waals surface area (Å²) in [6.07, 6.45) is 0.664. The van der Waals surface area contributed by atoms with Gasteiger partial charge in [0, 0.05) is 7.05 Å². The standard InChI is InChI=1S/C11H12N4O2S/c1-13-9(17)5-15-11(12)7(6-16)10(14-15)8-3-2-4-18-8/h2-4,6H,5,12H2,1H3,(H,13,17). The largest absolute Gasteiger partial charge is 0.383 e. The molecule has 0 aliphatic rings. The Morgan fingerprint density at radius 1 is 1.67 bits per heavy atom. The highest BCUT2D eigenvalue weighted by atomic mass is 32.1. The quantitative estimate of drug-likeness (QED) is 0.797. The zero-order valence-corrected chi connectivity index (χ0v) is 10.5. The topological polar surface area (TPSA) is 90.0 Å². The molecule has 0 atom stereocenters. The van der Waals surface area contributed by atoms with Crippen LogP contribution in [-0.4, -0.2) is 29.0 Å². The zero-order chi connectivity index (χ0) is 13.1. The van der Waals surface area contributed by atoms with E-state index >= 15 is 0 Å². The van der Waals surface area contributed by atoms with Crippen LogP contribution < -0.4 is 11.1 Å². The van der Waals surface area contributed by atoms with Crippen molar-refractivity contribution in [2.75, 3.05) is 12.8 Å². The van der Waals surface area contributed by atoms with Crippen LogP contribution in [0.2, 0.25) is 0 Å². The van der Waals surface area contributed by atoms with Crippen LogP contribution in [0.5, 0.6) is 0 Å². The number of nitrogens with two attached hydrogens (primary N) is 1. The first-order valence-electron chi connectivity index (χ1n) is 5.23. The van der Waals surface area contributed by atoms with Crippen molar-refractivity contribution in [2.24, 2.45) is 0 Å². The molecule has 18 heavy (non-hydrogen) atoms. The maximum atomic E-state index is 11.3. The van der Waals surface area contributed by atoms with Gasteiger partial charge in [0.25, 0.3) is 0 Å². The summed E-state index contributed by atoms with van der Waals surface area (Å²) < 4.78 is 1.33. The first-order chi connectivity index (χ1) is 8.67. The third kappa shape index (κ3) is 2.12. The van der Waals surface area contributed by atoms with Crippen molar-refractivity contribution < 1.29 is 9.59 Å². The molecule has 94 valence electrons. The summed E-state index contributed by atoms with van der Waals surface area (Å²) in [5.74, 6) is -0.0172. The molecular formula is C11H12N4O2S. The average molecular weight is 264 g/mol. The minimum Gasteiger partial charge on any atom is -0.383 e. The second-order valence-electron chi connectivity index (χ2n) is 3.57. The maximum absolute atomic E-state index is 11.3. The number of aromatic nitrogens is 2. The van der Waals surface area contributed by atoms with Crippen molar-refractivity contribution >= 4 is 29.3 Å². The van der Waals surface area contributed by atoms with Gasteiger partial charge in [-0.1, -0.05) is 6.07 Å². The maximum Gasteiger partial charge on any atom is 0.241 e. The number of aldehydes is 1. The Morgan fingerprint density at radius 2 is 2.44 bits per heavy atom. The summed E-state index contributed by atoms with van der Waals surface area (Å²) >= 11 is 1.46. The number of nitrogen functional groups attached to an aromatic ring is 1. The second kappa shape index (κ2) is 5.01. The van der Waals surface area contributed by atoms with Crippen molar-refractivity contribution in [1.82, 2.24) is 15.1 Å². The highest BCUT2D eigenvalue weighted by Gasteiger charge is 2.18. The van der Waals surface area contributed by atoms with Gasteiger partial charge in [0.2, 0.25) is 5.91 Å². The molecule has 0 spiro atoms. The minimum atomic E-state index is -0.223. The summed E-state index contributed by atoms with van der Waals surface area (Å²) in [5.41, 5.74) is 6.65. The molecule has 7 heteroatoms. The molecule has 0 fully saturated rings. The highest BCUT2D eigenvalue weighted by molar-refractivity contribution is 7.13. The lowest BCUT2D eigenvalue weighted by Crippen LogP contribution is -2.24. The Morgan fingerprint density at radius 3 is 3.00 bits per heavy atom. The van der Waals surface area contributed by atoms with E-state index in [1.54, 1.807) is 0 Å². The van der Waals surface area contributed by atoms with Crippen LogP contribution in [-0.2, 0) is 11.3 Å². The molecule has 6 nitrogen and oxygen atoms in total. The monoisotopic (exact) mass is 264 g/mol. The molecule has 2 heterocycles. The van der Waals surface area contributed by atoms with Crippen LogP contribution in [0.4, 0.5) is 5.82 Å². The Bertz CT molecular complexity index is 574. The number of hydrogen-bond acceptors (Lipinski definition) is 5. The van der Waals surface area contributed by atoms with Gasteiger partial charge in [0.1, 0.15) is 18.1 Å². The molecule has 0 unspecified atom stereocenters. The molecule has 0 aliphatic carbocycles. The fourth-order valence-corrected chi connectivity index (χ4v) is 2.26. The lowest BCUT2D eigenvalue weighted by molar-refractivity contribution is -0.121. The van der Waals surface area contributed by atoms with E-state index < -0.39 is 0 Å². The number of thiophene rings is 1. The molecule has 0 radical (unpaired) electrons. The molecule has 3 N–H and O–H groups in total. The van der Waals surface area contributed by atoms with Gasteiger partial charge in [-0.05, 0) is 11.4 Å². The summed E-state index contributed by atoms with van der Waals surface area (Å²) in [6.45, 7) is -0.00541. The lowest BCUT2D eigenvalue weighted by atomic mass is 10.2. The first kappa shape index (κ1) is 12.3. The smallest absolute Gasteiger partial charge is 0.241 e. The molecule has 2 aromatic rings. The van der Waals surface area contributed by atoms with E-state index in [2.05, 4.69) is 10.4 Å². The predicted octanol–water partition coefficient (Wildman–Crippen LogP) is 0.752. The Hall–Kier alpha value is -2.15. The molecule has 2 rings (SSSR count). The van der Waals surface area contributed by atoms with Gasteiger partial charge in [-0.15, -0.1) is 11.3 Å². The number of hydrogen-bond donors (Lipinski definition) is 2. The average Bonchev–Trinajstić information content (AvgIpc) is 2.98. The molecule has 0 saturated carbocycles. The molecule has 2 aromatic heterocycles. The molecule has 0 saturated heterocycles. The van der Waals surface area contributed by atoms with Gasteiger partial charge in [-0.2, -0.15) is 5.10 Å². The predicted molar refractivity (Wildman–Crippen MR) is 69.4 cm³/mol. The zero-order valence-electron chi connectivity index (χ0n) is 9.71. The first-order valence-corrected chi connectivity index (χ1v) is 6.11. The van der Waals surface area contributed by atoms with Gasteiger partial charge < -0.3 is 11.1 Å². The van der Waals surface area contributed by atoms with Crippen molar-refractivity contribution in [2.45, 2.75) is 6.54 Å². The number of likely N-dealkylation sites (N-methyl/N-ethyl adjacent to an activating group) is 1. The summed E-state index contributed by atoms with van der Waals surface area (Å²) in [7, 11) is 1.53. The molecular weight excluding hydrogens is 252 g/mol. The second-order valence-corrected chi connectivity index (χ2v) is 4.52. The van der Waals surface area contributed by atoms with Crippen molar-refractivity contribution in [3.8, 4) is 10.6 Å². The van der Waals surface area contributed by atoms with E-state index in [1.807, 2.05) is 17.5 Å².